The van der Waals surface area contributed by atoms with E-state index in [0.717, 1.165) is 5.75 Å². The molecule has 0 N–H and O–H groups in total. The quantitative estimate of drug-likeness (QED) is 0.539. The number of para-hydroxylation sites is 1. The van der Waals surface area contributed by atoms with Crippen LogP contribution in [0.15, 0.2) is 35.6 Å². The lowest BCUT2D eigenvalue weighted by Crippen LogP contribution is -2.22. The van der Waals surface area contributed by atoms with Crippen LogP contribution in [0.4, 0.5) is 0 Å². The van der Waals surface area contributed by atoms with Gasteiger partial charge in [0.2, 0.25) is 17.9 Å². The van der Waals surface area contributed by atoms with Crippen LogP contribution in [0.5, 0.6) is 5.75 Å². The summed E-state index contributed by atoms with van der Waals surface area (Å²) in [5.74, 6) is 0.764. The standard InChI is InChI=1S/C9H10N2O3/c12-11-6-9(14-10-11)7-13-8-4-2-1-3-5-8/h1-5,9H,6-7H2. The minimum atomic E-state index is -0.271. The lowest BCUT2D eigenvalue weighted by Gasteiger charge is -2.06. The third-order valence-corrected chi connectivity index (χ3v) is 1.83. The number of hydrogen-bond donors (Lipinski definition) is 0. The highest BCUT2D eigenvalue weighted by Gasteiger charge is 2.24. The Bertz CT molecular complexity index is 326. The van der Waals surface area contributed by atoms with Crippen molar-refractivity contribution in [1.82, 2.24) is 0 Å². The minimum Gasteiger partial charge on any atom is -0.597 e. The molecule has 1 aromatic rings. The third-order valence-electron chi connectivity index (χ3n) is 1.83. The molecule has 1 aliphatic rings. The van der Waals surface area contributed by atoms with E-state index in [-0.39, 0.29) is 12.6 Å². The second-order valence-electron chi connectivity index (χ2n) is 2.97. The summed E-state index contributed by atoms with van der Waals surface area (Å²) in [6, 6.07) is 9.37. The molecule has 5 nitrogen and oxygen atoms in total. The second kappa shape index (κ2) is 3.95. The van der Waals surface area contributed by atoms with Gasteiger partial charge in [-0.05, 0) is 12.1 Å². The van der Waals surface area contributed by atoms with Crippen LogP contribution >= 0.6 is 0 Å². The van der Waals surface area contributed by atoms with Gasteiger partial charge >= 0.3 is 0 Å². The highest BCUT2D eigenvalue weighted by atomic mass is 16.7. The third kappa shape index (κ3) is 2.12. The zero-order chi connectivity index (χ0) is 9.80. The molecule has 14 heavy (non-hydrogen) atoms. The predicted octanol–water partition coefficient (Wildman–Crippen LogP) is 1.34. The Morgan fingerprint density at radius 1 is 1.50 bits per heavy atom. The van der Waals surface area contributed by atoms with Crippen molar-refractivity contribution >= 4 is 0 Å². The Labute approximate surface area is 81.1 Å². The Hall–Kier alpha value is -1.78. The van der Waals surface area contributed by atoms with Gasteiger partial charge in [0.25, 0.3) is 0 Å². The summed E-state index contributed by atoms with van der Waals surface area (Å²) in [6.45, 7) is 0.569. The van der Waals surface area contributed by atoms with E-state index in [4.69, 9.17) is 9.57 Å². The highest BCUT2D eigenvalue weighted by Crippen LogP contribution is 2.10. The number of ether oxygens (including phenoxy) is 1. The van der Waals surface area contributed by atoms with E-state index in [0.29, 0.717) is 11.5 Å². The number of hydroxylamine groups is 1. The van der Waals surface area contributed by atoms with Gasteiger partial charge in [-0.2, -0.15) is 0 Å². The summed E-state index contributed by atoms with van der Waals surface area (Å²) >= 11 is 0. The molecule has 0 spiro atoms. The van der Waals surface area contributed by atoms with Crippen LogP contribution < -0.4 is 4.74 Å². The van der Waals surface area contributed by atoms with E-state index in [2.05, 4.69) is 5.28 Å². The lowest BCUT2D eigenvalue weighted by atomic mass is 10.3. The van der Waals surface area contributed by atoms with Gasteiger partial charge in [-0.1, -0.05) is 23.1 Å². The predicted molar refractivity (Wildman–Crippen MR) is 47.7 cm³/mol. The molecule has 1 aromatic carbocycles. The van der Waals surface area contributed by atoms with Gasteiger partial charge in [-0.15, -0.1) is 0 Å². The maximum Gasteiger partial charge on any atom is 0.228 e. The van der Waals surface area contributed by atoms with Crippen molar-refractivity contribution in [3.8, 4) is 5.75 Å². The van der Waals surface area contributed by atoms with Crippen molar-refractivity contribution in [3.63, 3.8) is 0 Å². The van der Waals surface area contributed by atoms with Gasteiger partial charge in [0, 0.05) is 0 Å². The first kappa shape index (κ1) is 8.80. The SMILES string of the molecule is [O-][N+]1=NOC(COc2ccccc2)C1. The van der Waals surface area contributed by atoms with E-state index in [1.54, 1.807) is 0 Å². The molecule has 0 radical (unpaired) electrons. The van der Waals surface area contributed by atoms with Crippen molar-refractivity contribution in [2.75, 3.05) is 13.2 Å². The van der Waals surface area contributed by atoms with Crippen LogP contribution in [0.3, 0.4) is 0 Å². The van der Waals surface area contributed by atoms with E-state index >= 15 is 0 Å². The molecule has 0 bridgehead atoms. The normalized spacial score (nSPS) is 20.0. The molecule has 1 heterocycles. The zero-order valence-electron chi connectivity index (χ0n) is 7.50. The smallest absolute Gasteiger partial charge is 0.228 e. The molecule has 0 fully saturated rings. The van der Waals surface area contributed by atoms with Gasteiger partial charge < -0.3 is 14.8 Å². The van der Waals surface area contributed by atoms with Gasteiger partial charge in [0.05, 0.1) is 0 Å². The Balaban J connectivity index is 1.79. The zero-order valence-corrected chi connectivity index (χ0v) is 7.50. The Morgan fingerprint density at radius 3 is 2.93 bits per heavy atom. The molecule has 74 valence electrons. The molecule has 2 rings (SSSR count). The Kier molecular flexibility index (Phi) is 2.48. The van der Waals surface area contributed by atoms with E-state index in [1.165, 1.54) is 0 Å². The van der Waals surface area contributed by atoms with Gasteiger partial charge in [0.1, 0.15) is 12.4 Å². The first-order valence-corrected chi connectivity index (χ1v) is 4.34. The molecule has 1 unspecified atom stereocenters. The average molecular weight is 194 g/mol. The van der Waals surface area contributed by atoms with E-state index < -0.39 is 0 Å². The number of benzene rings is 1. The molecular weight excluding hydrogens is 184 g/mol. The van der Waals surface area contributed by atoms with Crippen molar-refractivity contribution < 1.29 is 14.4 Å². The highest BCUT2D eigenvalue weighted by molar-refractivity contribution is 5.20. The van der Waals surface area contributed by atoms with Crippen LogP contribution in [0.1, 0.15) is 0 Å². The summed E-state index contributed by atoms with van der Waals surface area (Å²) in [6.07, 6.45) is -0.271. The molecule has 0 saturated carbocycles. The van der Waals surface area contributed by atoms with Crippen molar-refractivity contribution in [2.24, 2.45) is 5.28 Å². The fourth-order valence-electron chi connectivity index (χ4n) is 1.15. The van der Waals surface area contributed by atoms with Crippen molar-refractivity contribution in [2.45, 2.75) is 6.10 Å². The van der Waals surface area contributed by atoms with Crippen LogP contribution in [-0.4, -0.2) is 24.1 Å². The minimum absolute atomic E-state index is 0.229. The maximum atomic E-state index is 10.6. The Morgan fingerprint density at radius 2 is 2.29 bits per heavy atom. The fourth-order valence-corrected chi connectivity index (χ4v) is 1.15. The van der Waals surface area contributed by atoms with Crippen LogP contribution in [0.2, 0.25) is 0 Å². The van der Waals surface area contributed by atoms with Gasteiger partial charge in [-0.3, -0.25) is 0 Å². The molecule has 0 amide bonds. The molecular formula is C9H10N2O3. The largest absolute Gasteiger partial charge is 0.597 e. The second-order valence-corrected chi connectivity index (χ2v) is 2.97. The fraction of sp³-hybridized carbons (Fsp3) is 0.333. The summed E-state index contributed by atoms with van der Waals surface area (Å²) in [4.78, 5) is 5.31. The number of rotatable bonds is 3. The van der Waals surface area contributed by atoms with Crippen LogP contribution in [-0.2, 0) is 4.84 Å². The summed E-state index contributed by atoms with van der Waals surface area (Å²) in [7, 11) is 0. The summed E-state index contributed by atoms with van der Waals surface area (Å²) in [5.41, 5.74) is 0. The first-order chi connectivity index (χ1) is 6.84. The topological polar surface area (TPSA) is 56.9 Å². The van der Waals surface area contributed by atoms with E-state index in [9.17, 15) is 5.21 Å². The monoisotopic (exact) mass is 194 g/mol. The molecule has 0 saturated heterocycles. The molecule has 5 heteroatoms. The maximum absolute atomic E-state index is 10.6. The van der Waals surface area contributed by atoms with Crippen LogP contribution in [0.25, 0.3) is 0 Å². The van der Waals surface area contributed by atoms with Gasteiger partial charge in [-0.25, -0.2) is 0 Å². The molecule has 1 aliphatic heterocycles. The van der Waals surface area contributed by atoms with Crippen molar-refractivity contribution in [1.29, 1.82) is 0 Å². The van der Waals surface area contributed by atoms with Gasteiger partial charge in [0.15, 0.2) is 0 Å². The van der Waals surface area contributed by atoms with E-state index in [1.807, 2.05) is 30.3 Å². The summed E-state index contributed by atoms with van der Waals surface area (Å²) in [5, 5.41) is 13.9. The molecule has 0 aromatic heterocycles. The number of hydrogen-bond acceptors (Lipinski definition) is 4. The lowest BCUT2D eigenvalue weighted by molar-refractivity contribution is -0.523. The average Bonchev–Trinajstić information content (AvgIpc) is 2.63. The number of nitrogens with zero attached hydrogens (tertiary/aromatic N) is 2. The molecule has 1 atom stereocenters. The van der Waals surface area contributed by atoms with Crippen molar-refractivity contribution in [3.05, 3.63) is 35.5 Å². The molecule has 0 aliphatic carbocycles. The first-order valence-electron chi connectivity index (χ1n) is 4.34. The van der Waals surface area contributed by atoms with Crippen LogP contribution in [0, 0.1) is 5.21 Å². The summed E-state index contributed by atoms with van der Waals surface area (Å²) < 4.78 is 5.39.